The molecule has 0 aromatic carbocycles. The summed E-state index contributed by atoms with van der Waals surface area (Å²) in [5.41, 5.74) is 1.12. The van der Waals surface area contributed by atoms with Gasteiger partial charge in [0.15, 0.2) is 5.96 Å². The Balaban J connectivity index is 0.00000361. The molecule has 0 fully saturated rings. The van der Waals surface area contributed by atoms with Gasteiger partial charge in [-0.05, 0) is 19.3 Å². The minimum absolute atomic E-state index is 0. The smallest absolute Gasteiger partial charge is 0.191 e. The molecule has 1 aromatic heterocycles. The Kier molecular flexibility index (Phi) is 11.0. The maximum absolute atomic E-state index is 12.0. The standard InChI is InChI=1S/C13H23FN4S.HI/c1-4-15-13(16-7-5-6-14)17-8-12-18-11(9-19-12)10(2)3;/h9-10H,4-8H2,1-3H3,(H2,15,16,17);1H. The zero-order valence-electron chi connectivity index (χ0n) is 12.3. The summed E-state index contributed by atoms with van der Waals surface area (Å²) in [6.45, 7) is 7.90. The lowest BCUT2D eigenvalue weighted by molar-refractivity contribution is 0.470. The van der Waals surface area contributed by atoms with Gasteiger partial charge in [0.2, 0.25) is 0 Å². The molecular formula is C13H24FIN4S. The number of guanidine groups is 1. The predicted molar refractivity (Wildman–Crippen MR) is 95.0 cm³/mol. The Morgan fingerprint density at radius 3 is 2.75 bits per heavy atom. The molecule has 0 saturated heterocycles. The van der Waals surface area contributed by atoms with Crippen LogP contribution in [0.25, 0.3) is 0 Å². The Bertz CT molecular complexity index is 395. The van der Waals surface area contributed by atoms with E-state index < -0.39 is 0 Å². The van der Waals surface area contributed by atoms with Crippen LogP contribution in [-0.4, -0.2) is 30.7 Å². The molecule has 1 rings (SSSR count). The molecule has 0 atom stereocenters. The third-order valence-corrected chi connectivity index (χ3v) is 3.33. The van der Waals surface area contributed by atoms with Gasteiger partial charge in [-0.25, -0.2) is 9.98 Å². The second kappa shape index (κ2) is 11.2. The molecule has 116 valence electrons. The first kappa shape index (κ1) is 19.6. The van der Waals surface area contributed by atoms with Gasteiger partial charge in [0, 0.05) is 18.5 Å². The Hall–Kier alpha value is -0.440. The van der Waals surface area contributed by atoms with E-state index in [1.165, 1.54) is 0 Å². The summed E-state index contributed by atoms with van der Waals surface area (Å²) in [4.78, 5) is 8.98. The fraction of sp³-hybridized carbons (Fsp3) is 0.692. The molecule has 2 N–H and O–H groups in total. The molecule has 0 bridgehead atoms. The summed E-state index contributed by atoms with van der Waals surface area (Å²) in [6, 6.07) is 0. The maximum Gasteiger partial charge on any atom is 0.191 e. The molecule has 0 aliphatic heterocycles. The number of thiazole rings is 1. The van der Waals surface area contributed by atoms with Crippen LogP contribution in [0.5, 0.6) is 0 Å². The molecular weight excluding hydrogens is 390 g/mol. The molecule has 20 heavy (non-hydrogen) atoms. The van der Waals surface area contributed by atoms with Crippen molar-refractivity contribution in [3.8, 4) is 0 Å². The van der Waals surface area contributed by atoms with E-state index in [1.807, 2.05) is 6.92 Å². The number of nitrogens with one attached hydrogen (secondary N) is 2. The van der Waals surface area contributed by atoms with Crippen LogP contribution in [0.1, 0.15) is 43.8 Å². The molecule has 0 unspecified atom stereocenters. The first-order valence-corrected chi connectivity index (χ1v) is 7.57. The van der Waals surface area contributed by atoms with Crippen LogP contribution in [-0.2, 0) is 6.54 Å². The highest BCUT2D eigenvalue weighted by atomic mass is 127. The van der Waals surface area contributed by atoms with Crippen LogP contribution in [0.4, 0.5) is 4.39 Å². The predicted octanol–water partition coefficient (Wildman–Crippen LogP) is 3.30. The van der Waals surface area contributed by atoms with E-state index >= 15 is 0 Å². The summed E-state index contributed by atoms with van der Waals surface area (Å²) in [7, 11) is 0. The van der Waals surface area contributed by atoms with Gasteiger partial charge in [0.25, 0.3) is 0 Å². The number of hydrogen-bond acceptors (Lipinski definition) is 3. The van der Waals surface area contributed by atoms with Crippen molar-refractivity contribution in [3.05, 3.63) is 16.1 Å². The SMILES string of the molecule is CCNC(=NCc1nc(C(C)C)cs1)NCCCF.I. The number of alkyl halides is 1. The first-order chi connectivity index (χ1) is 9.17. The number of hydrogen-bond donors (Lipinski definition) is 2. The highest BCUT2D eigenvalue weighted by Gasteiger charge is 2.05. The fourth-order valence-electron chi connectivity index (χ4n) is 1.42. The lowest BCUT2D eigenvalue weighted by Crippen LogP contribution is -2.37. The van der Waals surface area contributed by atoms with Crippen LogP contribution in [0.3, 0.4) is 0 Å². The number of aliphatic imine (C=N–C) groups is 1. The summed E-state index contributed by atoms with van der Waals surface area (Å²) >= 11 is 1.63. The van der Waals surface area contributed by atoms with Crippen LogP contribution in [0.2, 0.25) is 0 Å². The highest BCUT2D eigenvalue weighted by molar-refractivity contribution is 14.0. The quantitative estimate of drug-likeness (QED) is 0.312. The van der Waals surface area contributed by atoms with E-state index in [-0.39, 0.29) is 30.7 Å². The lowest BCUT2D eigenvalue weighted by Gasteiger charge is -2.09. The molecule has 0 saturated carbocycles. The van der Waals surface area contributed by atoms with Crippen molar-refractivity contribution >= 4 is 41.3 Å². The summed E-state index contributed by atoms with van der Waals surface area (Å²) in [5, 5.41) is 9.32. The average molecular weight is 414 g/mol. The van der Waals surface area contributed by atoms with Gasteiger partial charge in [-0.2, -0.15) is 0 Å². The molecule has 1 aromatic rings. The zero-order valence-corrected chi connectivity index (χ0v) is 15.4. The van der Waals surface area contributed by atoms with Crippen molar-refractivity contribution in [3.63, 3.8) is 0 Å². The third-order valence-electron chi connectivity index (χ3n) is 2.48. The third kappa shape index (κ3) is 7.37. The van der Waals surface area contributed by atoms with Gasteiger partial charge in [0.1, 0.15) is 5.01 Å². The number of aromatic nitrogens is 1. The molecule has 7 heteroatoms. The fourth-order valence-corrected chi connectivity index (χ4v) is 2.30. The van der Waals surface area contributed by atoms with Gasteiger partial charge >= 0.3 is 0 Å². The minimum atomic E-state index is -0.309. The van der Waals surface area contributed by atoms with Crippen LogP contribution < -0.4 is 10.6 Å². The molecule has 0 spiro atoms. The van der Waals surface area contributed by atoms with Crippen molar-refractivity contribution < 1.29 is 4.39 Å². The average Bonchev–Trinajstić information content (AvgIpc) is 2.85. The van der Waals surface area contributed by atoms with Crippen LogP contribution in [0.15, 0.2) is 10.4 Å². The topological polar surface area (TPSA) is 49.3 Å². The summed E-state index contributed by atoms with van der Waals surface area (Å²) in [6.07, 6.45) is 0.499. The molecule has 1 heterocycles. The highest BCUT2D eigenvalue weighted by Crippen LogP contribution is 2.18. The summed E-state index contributed by atoms with van der Waals surface area (Å²) in [5.74, 6) is 1.17. The monoisotopic (exact) mass is 414 g/mol. The van der Waals surface area contributed by atoms with Gasteiger partial charge in [-0.1, -0.05) is 13.8 Å². The lowest BCUT2D eigenvalue weighted by atomic mass is 10.2. The molecule has 0 aliphatic rings. The second-order valence-electron chi connectivity index (χ2n) is 4.49. The largest absolute Gasteiger partial charge is 0.357 e. The Morgan fingerprint density at radius 2 is 2.20 bits per heavy atom. The van der Waals surface area contributed by atoms with E-state index in [2.05, 4.69) is 39.8 Å². The Morgan fingerprint density at radius 1 is 1.45 bits per heavy atom. The molecule has 4 nitrogen and oxygen atoms in total. The summed E-state index contributed by atoms with van der Waals surface area (Å²) < 4.78 is 12.0. The van der Waals surface area contributed by atoms with E-state index in [0.29, 0.717) is 25.4 Å². The zero-order chi connectivity index (χ0) is 14.1. The van der Waals surface area contributed by atoms with Crippen LogP contribution >= 0.6 is 35.3 Å². The van der Waals surface area contributed by atoms with Gasteiger partial charge in [-0.3, -0.25) is 4.39 Å². The molecule has 0 amide bonds. The van der Waals surface area contributed by atoms with E-state index in [0.717, 1.165) is 23.2 Å². The number of nitrogens with zero attached hydrogens (tertiary/aromatic N) is 2. The molecule has 0 radical (unpaired) electrons. The second-order valence-corrected chi connectivity index (χ2v) is 5.43. The maximum atomic E-state index is 12.0. The van der Waals surface area contributed by atoms with Gasteiger partial charge in [0.05, 0.1) is 18.9 Å². The minimum Gasteiger partial charge on any atom is -0.357 e. The van der Waals surface area contributed by atoms with E-state index in [1.54, 1.807) is 11.3 Å². The number of rotatable bonds is 7. The Labute approximate surface area is 141 Å². The van der Waals surface area contributed by atoms with E-state index in [4.69, 9.17) is 0 Å². The van der Waals surface area contributed by atoms with Crippen molar-refractivity contribution in [1.82, 2.24) is 15.6 Å². The van der Waals surface area contributed by atoms with Crippen molar-refractivity contribution in [2.45, 2.75) is 39.7 Å². The van der Waals surface area contributed by atoms with E-state index in [9.17, 15) is 4.39 Å². The van der Waals surface area contributed by atoms with Crippen LogP contribution in [0, 0.1) is 0 Å². The van der Waals surface area contributed by atoms with Crippen molar-refractivity contribution in [2.24, 2.45) is 4.99 Å². The van der Waals surface area contributed by atoms with Gasteiger partial charge in [-0.15, -0.1) is 35.3 Å². The van der Waals surface area contributed by atoms with Gasteiger partial charge < -0.3 is 10.6 Å². The number of halogens is 2. The van der Waals surface area contributed by atoms with Crippen molar-refractivity contribution in [1.29, 1.82) is 0 Å². The first-order valence-electron chi connectivity index (χ1n) is 6.69. The van der Waals surface area contributed by atoms with Crippen molar-refractivity contribution in [2.75, 3.05) is 19.8 Å². The normalized spacial score (nSPS) is 11.3. The molecule has 0 aliphatic carbocycles.